The minimum Gasteiger partial charge on any atom is -0.508 e. The monoisotopic (exact) mass is 378 g/mol. The van der Waals surface area contributed by atoms with Crippen molar-refractivity contribution in [3.8, 4) is 17.1 Å². The van der Waals surface area contributed by atoms with Crippen molar-refractivity contribution in [3.63, 3.8) is 0 Å². The zero-order chi connectivity index (χ0) is 19.9. The Bertz CT molecular complexity index is 988. The molecule has 0 bridgehead atoms. The van der Waals surface area contributed by atoms with Gasteiger partial charge in [-0.15, -0.1) is 0 Å². The normalized spacial score (nSPS) is 10.8. The summed E-state index contributed by atoms with van der Waals surface area (Å²) >= 11 is 0. The van der Waals surface area contributed by atoms with Crippen molar-refractivity contribution in [3.05, 3.63) is 77.6 Å². The van der Waals surface area contributed by atoms with Gasteiger partial charge >= 0.3 is 5.97 Å². The molecule has 28 heavy (non-hydrogen) atoms. The number of rotatable bonds is 6. The molecule has 7 heteroatoms. The van der Waals surface area contributed by atoms with Crippen LogP contribution in [0.25, 0.3) is 11.3 Å². The number of nitrogens with one attached hydrogen (secondary N) is 1. The Hall–Kier alpha value is -3.87. The second kappa shape index (κ2) is 8.68. The lowest BCUT2D eigenvalue weighted by Crippen LogP contribution is -2.17. The van der Waals surface area contributed by atoms with Gasteiger partial charge in [0.1, 0.15) is 17.3 Å². The summed E-state index contributed by atoms with van der Waals surface area (Å²) in [7, 11) is 0. The molecule has 3 rings (SSSR count). The number of amides is 1. The van der Waals surface area contributed by atoms with Gasteiger partial charge in [-0.05, 0) is 55.5 Å². The number of nitrogens with zero attached hydrogens (tertiary/aromatic N) is 1. The molecule has 0 saturated heterocycles. The summed E-state index contributed by atoms with van der Waals surface area (Å²) in [5.74, 6) is 0.360. The molecular weight excluding hydrogens is 360 g/mol. The molecule has 7 nitrogen and oxygen atoms in total. The quantitative estimate of drug-likeness (QED) is 0.388. The van der Waals surface area contributed by atoms with Crippen LogP contribution in [0.5, 0.6) is 5.75 Å². The highest BCUT2D eigenvalue weighted by Gasteiger charge is 2.08. The van der Waals surface area contributed by atoms with Gasteiger partial charge in [0.15, 0.2) is 0 Å². The Labute approximate surface area is 161 Å². The summed E-state index contributed by atoms with van der Waals surface area (Å²) < 4.78 is 10.6. The van der Waals surface area contributed by atoms with Crippen molar-refractivity contribution in [2.24, 2.45) is 5.10 Å². The third-order valence-corrected chi connectivity index (χ3v) is 3.79. The molecule has 0 atom stereocenters. The Morgan fingerprint density at radius 2 is 1.71 bits per heavy atom. The highest BCUT2D eigenvalue weighted by Crippen LogP contribution is 2.22. The number of carbonyl (C=O) groups excluding carboxylic acids is 2. The van der Waals surface area contributed by atoms with Crippen molar-refractivity contribution in [1.29, 1.82) is 0 Å². The standard InChI is InChI=1S/C21H18N2O5/c1-2-27-21(26)16-5-3-14(4-6-16)19-12-11-18(28-19)13-22-23-20(25)15-7-9-17(24)10-8-15/h3-13,24H,2H2,1H3,(H,23,25)/b22-13-. The lowest BCUT2D eigenvalue weighted by Gasteiger charge is -2.02. The minimum atomic E-state index is -0.405. The third-order valence-electron chi connectivity index (χ3n) is 3.79. The summed E-state index contributed by atoms with van der Waals surface area (Å²) in [6.07, 6.45) is 1.38. The summed E-state index contributed by atoms with van der Waals surface area (Å²) in [6.45, 7) is 2.08. The maximum absolute atomic E-state index is 11.9. The number of phenols is 1. The molecule has 142 valence electrons. The molecule has 2 N–H and O–H groups in total. The molecule has 1 aromatic heterocycles. The number of benzene rings is 2. The smallest absolute Gasteiger partial charge is 0.338 e. The maximum atomic E-state index is 11.9. The van der Waals surface area contributed by atoms with Gasteiger partial charge in [0.2, 0.25) is 0 Å². The molecule has 0 unspecified atom stereocenters. The van der Waals surface area contributed by atoms with Crippen LogP contribution in [0.4, 0.5) is 0 Å². The van der Waals surface area contributed by atoms with E-state index in [0.29, 0.717) is 29.3 Å². The van der Waals surface area contributed by atoms with Crippen LogP contribution in [0, 0.1) is 0 Å². The number of carbonyl (C=O) groups is 2. The van der Waals surface area contributed by atoms with E-state index in [1.54, 1.807) is 43.3 Å². The van der Waals surface area contributed by atoms with Gasteiger partial charge in [-0.1, -0.05) is 12.1 Å². The minimum absolute atomic E-state index is 0.0819. The maximum Gasteiger partial charge on any atom is 0.338 e. The SMILES string of the molecule is CCOC(=O)c1ccc(-c2ccc(/C=N\NC(=O)c3ccc(O)cc3)o2)cc1. The number of hydrazone groups is 1. The highest BCUT2D eigenvalue weighted by molar-refractivity contribution is 5.94. The first-order valence-corrected chi connectivity index (χ1v) is 8.56. The van der Waals surface area contributed by atoms with E-state index in [0.717, 1.165) is 5.56 Å². The summed E-state index contributed by atoms with van der Waals surface area (Å²) in [6, 6.07) is 16.2. The van der Waals surface area contributed by atoms with Gasteiger partial charge in [0.25, 0.3) is 5.91 Å². The van der Waals surface area contributed by atoms with E-state index in [1.807, 2.05) is 0 Å². The molecule has 1 amide bonds. The van der Waals surface area contributed by atoms with Crippen molar-refractivity contribution in [2.75, 3.05) is 6.61 Å². The van der Waals surface area contributed by atoms with E-state index in [1.165, 1.54) is 30.5 Å². The number of aromatic hydroxyl groups is 1. The van der Waals surface area contributed by atoms with Gasteiger partial charge in [-0.25, -0.2) is 10.2 Å². The zero-order valence-electron chi connectivity index (χ0n) is 15.1. The largest absolute Gasteiger partial charge is 0.508 e. The molecule has 2 aromatic carbocycles. The first-order valence-electron chi connectivity index (χ1n) is 8.56. The van der Waals surface area contributed by atoms with Crippen LogP contribution in [0.2, 0.25) is 0 Å². The third kappa shape index (κ3) is 4.64. The van der Waals surface area contributed by atoms with Gasteiger partial charge in [-0.3, -0.25) is 4.79 Å². The summed E-state index contributed by atoms with van der Waals surface area (Å²) in [5, 5.41) is 13.1. The second-order valence-corrected chi connectivity index (χ2v) is 5.75. The summed E-state index contributed by atoms with van der Waals surface area (Å²) in [5.41, 5.74) is 4.02. The number of furan rings is 1. The highest BCUT2D eigenvalue weighted by atomic mass is 16.5. The fourth-order valence-corrected chi connectivity index (χ4v) is 2.39. The van der Waals surface area contributed by atoms with Crippen molar-refractivity contribution < 1.29 is 23.8 Å². The molecule has 1 heterocycles. The van der Waals surface area contributed by atoms with Crippen molar-refractivity contribution in [2.45, 2.75) is 6.92 Å². The topological polar surface area (TPSA) is 101 Å². The second-order valence-electron chi connectivity index (χ2n) is 5.75. The molecule has 0 aliphatic heterocycles. The van der Waals surface area contributed by atoms with Gasteiger partial charge in [-0.2, -0.15) is 5.10 Å². The Morgan fingerprint density at radius 3 is 2.39 bits per heavy atom. The average Bonchev–Trinajstić information content (AvgIpc) is 3.17. The van der Waals surface area contributed by atoms with E-state index in [9.17, 15) is 14.7 Å². The van der Waals surface area contributed by atoms with Crippen LogP contribution in [-0.4, -0.2) is 29.8 Å². The van der Waals surface area contributed by atoms with Crippen molar-refractivity contribution >= 4 is 18.1 Å². The zero-order valence-corrected chi connectivity index (χ0v) is 15.1. The number of phenolic OH excluding ortho intramolecular Hbond substituents is 1. The Kier molecular flexibility index (Phi) is 5.86. The van der Waals surface area contributed by atoms with Gasteiger partial charge in [0.05, 0.1) is 18.4 Å². The lowest BCUT2D eigenvalue weighted by molar-refractivity contribution is 0.0526. The van der Waals surface area contributed by atoms with Gasteiger partial charge < -0.3 is 14.3 Å². The van der Waals surface area contributed by atoms with Crippen LogP contribution in [0.3, 0.4) is 0 Å². The van der Waals surface area contributed by atoms with Gasteiger partial charge in [0, 0.05) is 11.1 Å². The predicted molar refractivity (Wildman–Crippen MR) is 103 cm³/mol. The molecule has 3 aromatic rings. The molecule has 0 saturated carbocycles. The lowest BCUT2D eigenvalue weighted by atomic mass is 10.1. The first kappa shape index (κ1) is 18.9. The number of hydrogen-bond donors (Lipinski definition) is 2. The molecule has 0 spiro atoms. The first-order chi connectivity index (χ1) is 13.6. The van der Waals surface area contributed by atoms with E-state index < -0.39 is 5.91 Å². The number of esters is 1. The van der Waals surface area contributed by atoms with Crippen LogP contribution >= 0.6 is 0 Å². The van der Waals surface area contributed by atoms with E-state index in [4.69, 9.17) is 9.15 Å². The molecule has 0 radical (unpaired) electrons. The average molecular weight is 378 g/mol. The van der Waals surface area contributed by atoms with Crippen LogP contribution in [-0.2, 0) is 4.74 Å². The molecule has 0 fully saturated rings. The summed E-state index contributed by atoms with van der Waals surface area (Å²) in [4.78, 5) is 23.6. The van der Waals surface area contributed by atoms with Crippen molar-refractivity contribution in [1.82, 2.24) is 5.43 Å². The fourth-order valence-electron chi connectivity index (χ4n) is 2.39. The number of hydrogen-bond acceptors (Lipinski definition) is 6. The molecule has 0 aliphatic carbocycles. The van der Waals surface area contributed by atoms with E-state index >= 15 is 0 Å². The van der Waals surface area contributed by atoms with Crippen LogP contribution < -0.4 is 5.43 Å². The van der Waals surface area contributed by atoms with E-state index in [2.05, 4.69) is 10.5 Å². The molecular formula is C21H18N2O5. The molecule has 0 aliphatic rings. The fraction of sp³-hybridized carbons (Fsp3) is 0.0952. The Balaban J connectivity index is 1.62. The van der Waals surface area contributed by atoms with Crippen LogP contribution in [0.15, 0.2) is 70.2 Å². The Morgan fingerprint density at radius 1 is 1.04 bits per heavy atom. The number of ether oxygens (including phenoxy) is 1. The van der Waals surface area contributed by atoms with Crippen LogP contribution in [0.1, 0.15) is 33.4 Å². The van der Waals surface area contributed by atoms with E-state index in [-0.39, 0.29) is 11.7 Å². The predicted octanol–water partition coefficient (Wildman–Crippen LogP) is 3.59.